The molecule has 0 atom stereocenters. The van der Waals surface area contributed by atoms with E-state index in [1.165, 1.54) is 6.20 Å². The number of carbonyl (C=O) groups excluding carboxylic acids is 1. The van der Waals surface area contributed by atoms with Gasteiger partial charge in [-0.3, -0.25) is 4.79 Å². The van der Waals surface area contributed by atoms with Crippen LogP contribution in [0.5, 0.6) is 11.5 Å². The van der Waals surface area contributed by atoms with Crippen LogP contribution in [0.25, 0.3) is 0 Å². The molecule has 126 valence electrons. The number of anilines is 1. The van der Waals surface area contributed by atoms with E-state index in [4.69, 9.17) is 9.47 Å². The topological polar surface area (TPSA) is 83.4 Å². The average molecular weight is 335 g/mol. The van der Waals surface area contributed by atoms with E-state index >= 15 is 0 Å². The third-order valence-corrected chi connectivity index (χ3v) is 3.75. The van der Waals surface area contributed by atoms with E-state index in [0.29, 0.717) is 18.0 Å². The van der Waals surface area contributed by atoms with Gasteiger partial charge < -0.3 is 20.1 Å². The summed E-state index contributed by atoms with van der Waals surface area (Å²) in [5.74, 6) is 0.964. The molecule has 3 rings (SSSR count). The highest BCUT2D eigenvalue weighted by atomic mass is 16.7. The maximum absolute atomic E-state index is 12.2. The lowest BCUT2D eigenvalue weighted by Gasteiger charge is -2.08. The van der Waals surface area contributed by atoms with E-state index in [2.05, 4.69) is 10.6 Å². The smallest absolute Gasteiger partial charge is 0.267 e. The third kappa shape index (κ3) is 3.90. The standard InChI is InChI=1S/C19H17N3O3/c1-13-4-2-3-5-16(13)22-19(23)15(9-20)11-21-10-14-6-7-17-18(8-14)25-12-24-17/h2-8,11,21H,10,12H2,1H3,(H,22,23)/b15-11-. The van der Waals surface area contributed by atoms with Gasteiger partial charge in [-0.05, 0) is 36.2 Å². The second-order valence-electron chi connectivity index (χ2n) is 5.51. The van der Waals surface area contributed by atoms with Crippen LogP contribution in [0.1, 0.15) is 11.1 Å². The Morgan fingerprint density at radius 1 is 1.24 bits per heavy atom. The second-order valence-corrected chi connectivity index (χ2v) is 5.51. The number of rotatable bonds is 5. The Labute approximate surface area is 145 Å². The minimum atomic E-state index is -0.449. The van der Waals surface area contributed by atoms with Gasteiger partial charge in [-0.1, -0.05) is 24.3 Å². The van der Waals surface area contributed by atoms with E-state index in [1.807, 2.05) is 49.4 Å². The van der Waals surface area contributed by atoms with Gasteiger partial charge in [-0.2, -0.15) is 5.26 Å². The summed E-state index contributed by atoms with van der Waals surface area (Å²) in [6, 6.07) is 14.9. The number of fused-ring (bicyclic) bond motifs is 1. The molecule has 2 aromatic rings. The van der Waals surface area contributed by atoms with Gasteiger partial charge in [-0.25, -0.2) is 0 Å². The van der Waals surface area contributed by atoms with Crippen molar-refractivity contribution in [3.63, 3.8) is 0 Å². The number of ether oxygens (including phenoxy) is 2. The van der Waals surface area contributed by atoms with Gasteiger partial charge in [0.2, 0.25) is 6.79 Å². The summed E-state index contributed by atoms with van der Waals surface area (Å²) < 4.78 is 10.6. The maximum Gasteiger partial charge on any atom is 0.267 e. The summed E-state index contributed by atoms with van der Waals surface area (Å²) in [5.41, 5.74) is 2.58. The van der Waals surface area contributed by atoms with E-state index in [9.17, 15) is 10.1 Å². The number of carbonyl (C=O) groups is 1. The van der Waals surface area contributed by atoms with Gasteiger partial charge in [0.25, 0.3) is 5.91 Å². The fraction of sp³-hybridized carbons (Fsp3) is 0.158. The summed E-state index contributed by atoms with van der Waals surface area (Å²) in [7, 11) is 0. The average Bonchev–Trinajstić information content (AvgIpc) is 3.08. The highest BCUT2D eigenvalue weighted by Gasteiger charge is 2.13. The van der Waals surface area contributed by atoms with Crippen molar-refractivity contribution in [3.05, 3.63) is 65.4 Å². The van der Waals surface area contributed by atoms with Crippen molar-refractivity contribution in [2.75, 3.05) is 12.1 Å². The van der Waals surface area contributed by atoms with Gasteiger partial charge in [0, 0.05) is 18.4 Å². The number of hydrogen-bond acceptors (Lipinski definition) is 5. The summed E-state index contributed by atoms with van der Waals surface area (Å²) in [6.45, 7) is 2.58. The van der Waals surface area contributed by atoms with Crippen LogP contribution < -0.4 is 20.1 Å². The highest BCUT2D eigenvalue weighted by molar-refractivity contribution is 6.06. The van der Waals surface area contributed by atoms with Gasteiger partial charge in [0.1, 0.15) is 11.6 Å². The predicted molar refractivity (Wildman–Crippen MR) is 92.9 cm³/mol. The molecule has 6 nitrogen and oxygen atoms in total. The molecular weight excluding hydrogens is 318 g/mol. The van der Waals surface area contributed by atoms with Crippen LogP contribution in [-0.2, 0) is 11.3 Å². The molecule has 1 aliphatic rings. The number of aryl methyl sites for hydroxylation is 1. The molecule has 0 spiro atoms. The SMILES string of the molecule is Cc1ccccc1NC(=O)/C(C#N)=C\NCc1ccc2c(c1)OCO2. The molecule has 2 N–H and O–H groups in total. The van der Waals surface area contributed by atoms with Crippen LogP contribution in [0.4, 0.5) is 5.69 Å². The Hall–Kier alpha value is -3.46. The number of nitriles is 1. The largest absolute Gasteiger partial charge is 0.454 e. The van der Waals surface area contributed by atoms with Gasteiger partial charge in [0.15, 0.2) is 11.5 Å². The van der Waals surface area contributed by atoms with Crippen molar-refractivity contribution < 1.29 is 14.3 Å². The Balaban J connectivity index is 1.62. The first-order valence-corrected chi connectivity index (χ1v) is 7.76. The number of amides is 1. The van der Waals surface area contributed by atoms with Crippen molar-refractivity contribution in [1.82, 2.24) is 5.32 Å². The molecule has 0 unspecified atom stereocenters. The first-order valence-electron chi connectivity index (χ1n) is 7.76. The zero-order valence-corrected chi connectivity index (χ0v) is 13.7. The van der Waals surface area contributed by atoms with Crippen molar-refractivity contribution >= 4 is 11.6 Å². The van der Waals surface area contributed by atoms with E-state index in [0.717, 1.165) is 16.9 Å². The summed E-state index contributed by atoms with van der Waals surface area (Å²) >= 11 is 0. The molecule has 0 fully saturated rings. The number of nitrogens with zero attached hydrogens (tertiary/aromatic N) is 1. The molecule has 0 radical (unpaired) electrons. The second kappa shape index (κ2) is 7.41. The summed E-state index contributed by atoms with van der Waals surface area (Å²) in [5, 5.41) is 14.9. The monoisotopic (exact) mass is 335 g/mol. The van der Waals surface area contributed by atoms with Crippen molar-refractivity contribution in [1.29, 1.82) is 5.26 Å². The Kier molecular flexibility index (Phi) is 4.86. The fourth-order valence-electron chi connectivity index (χ4n) is 2.37. The molecule has 1 aliphatic heterocycles. The first-order chi connectivity index (χ1) is 12.2. The molecule has 1 heterocycles. The van der Waals surface area contributed by atoms with Crippen LogP contribution in [0.15, 0.2) is 54.2 Å². The van der Waals surface area contributed by atoms with Crippen molar-refractivity contribution in [2.45, 2.75) is 13.5 Å². The van der Waals surface area contributed by atoms with Crippen LogP contribution in [0.3, 0.4) is 0 Å². The first kappa shape index (κ1) is 16.4. The molecule has 0 aromatic heterocycles. The lowest BCUT2D eigenvalue weighted by Crippen LogP contribution is -2.17. The molecule has 0 aliphatic carbocycles. The molecule has 25 heavy (non-hydrogen) atoms. The minimum absolute atomic E-state index is 0.00370. The molecule has 1 amide bonds. The lowest BCUT2D eigenvalue weighted by atomic mass is 10.2. The number of benzene rings is 2. The number of nitrogens with one attached hydrogen (secondary N) is 2. The molecule has 0 saturated carbocycles. The van der Waals surface area contributed by atoms with E-state index in [-0.39, 0.29) is 12.4 Å². The van der Waals surface area contributed by atoms with E-state index in [1.54, 1.807) is 6.07 Å². The summed E-state index contributed by atoms with van der Waals surface area (Å²) in [6.07, 6.45) is 1.41. The Bertz CT molecular complexity index is 868. The number of hydrogen-bond donors (Lipinski definition) is 2. The Morgan fingerprint density at radius 2 is 2.04 bits per heavy atom. The zero-order chi connectivity index (χ0) is 17.6. The number of para-hydroxylation sites is 1. The van der Waals surface area contributed by atoms with Crippen molar-refractivity contribution in [2.24, 2.45) is 0 Å². The van der Waals surface area contributed by atoms with Crippen LogP contribution in [0.2, 0.25) is 0 Å². The van der Waals surface area contributed by atoms with Gasteiger partial charge in [-0.15, -0.1) is 0 Å². The Morgan fingerprint density at radius 3 is 2.84 bits per heavy atom. The van der Waals surface area contributed by atoms with Gasteiger partial charge >= 0.3 is 0 Å². The fourth-order valence-corrected chi connectivity index (χ4v) is 2.37. The molecule has 6 heteroatoms. The highest BCUT2D eigenvalue weighted by Crippen LogP contribution is 2.32. The van der Waals surface area contributed by atoms with Crippen LogP contribution in [0, 0.1) is 18.3 Å². The van der Waals surface area contributed by atoms with Crippen molar-refractivity contribution in [3.8, 4) is 17.6 Å². The van der Waals surface area contributed by atoms with Crippen LogP contribution in [-0.4, -0.2) is 12.7 Å². The normalized spacial score (nSPS) is 12.4. The van der Waals surface area contributed by atoms with Crippen LogP contribution >= 0.6 is 0 Å². The zero-order valence-electron chi connectivity index (χ0n) is 13.7. The van der Waals surface area contributed by atoms with E-state index < -0.39 is 5.91 Å². The lowest BCUT2D eigenvalue weighted by molar-refractivity contribution is -0.112. The predicted octanol–water partition coefficient (Wildman–Crippen LogP) is 2.86. The molecule has 2 aromatic carbocycles. The minimum Gasteiger partial charge on any atom is -0.454 e. The molecular formula is C19H17N3O3. The quantitative estimate of drug-likeness (QED) is 0.648. The maximum atomic E-state index is 12.2. The molecule has 0 saturated heterocycles. The van der Waals surface area contributed by atoms with Gasteiger partial charge in [0.05, 0.1) is 0 Å². The molecule has 0 bridgehead atoms. The third-order valence-electron chi connectivity index (χ3n) is 3.75. The summed E-state index contributed by atoms with van der Waals surface area (Å²) in [4.78, 5) is 12.2.